The minimum absolute atomic E-state index is 0.0783. The fraction of sp³-hybridized carbons (Fsp3) is 0.529. The van der Waals surface area contributed by atoms with Crippen molar-refractivity contribution in [2.45, 2.75) is 38.7 Å². The highest BCUT2D eigenvalue weighted by Crippen LogP contribution is 2.32. The van der Waals surface area contributed by atoms with E-state index < -0.39 is 5.60 Å². The molecule has 1 aliphatic rings. The Morgan fingerprint density at radius 2 is 2.00 bits per heavy atom. The second kappa shape index (κ2) is 6.38. The van der Waals surface area contributed by atoms with Gasteiger partial charge in [-0.3, -0.25) is 0 Å². The molecular weight excluding hydrogens is 282 g/mol. The number of aldehydes is 1. The Morgan fingerprint density at radius 1 is 1.36 bits per heavy atom. The Bertz CT molecular complexity index is 533. The highest BCUT2D eigenvalue weighted by molar-refractivity contribution is 5.69. The number of phenols is 1. The maximum Gasteiger partial charge on any atom is 0.410 e. The van der Waals surface area contributed by atoms with Gasteiger partial charge in [-0.15, -0.1) is 0 Å². The number of amides is 1. The Balaban J connectivity index is 2.03. The van der Waals surface area contributed by atoms with Crippen molar-refractivity contribution in [2.24, 2.45) is 5.92 Å². The van der Waals surface area contributed by atoms with Crippen LogP contribution in [0.1, 0.15) is 38.7 Å². The monoisotopic (exact) mass is 305 g/mol. The summed E-state index contributed by atoms with van der Waals surface area (Å²) in [5.41, 5.74) is 0.347. The van der Waals surface area contributed by atoms with Gasteiger partial charge in [0.2, 0.25) is 0 Å². The maximum atomic E-state index is 12.1. The molecule has 0 saturated carbocycles. The van der Waals surface area contributed by atoms with Gasteiger partial charge in [-0.2, -0.15) is 0 Å². The quantitative estimate of drug-likeness (QED) is 0.872. The zero-order valence-corrected chi connectivity index (χ0v) is 13.3. The standard InChI is InChI=1S/C17H23NO4/c1-17(2,3)22-16(21)18-9-8-13(10-18)15(11-19)12-4-6-14(20)7-5-12/h4-7,11,13,15,20H,8-10H2,1-3H3. The molecule has 120 valence electrons. The normalized spacial score (nSPS) is 19.8. The molecule has 2 rings (SSSR count). The van der Waals surface area contributed by atoms with Crippen LogP contribution in [0.4, 0.5) is 4.79 Å². The molecule has 1 saturated heterocycles. The summed E-state index contributed by atoms with van der Waals surface area (Å²) in [5.74, 6) is -0.0159. The van der Waals surface area contributed by atoms with Gasteiger partial charge in [0.15, 0.2) is 0 Å². The van der Waals surface area contributed by atoms with E-state index in [2.05, 4.69) is 0 Å². The molecule has 5 heteroatoms. The van der Waals surface area contributed by atoms with Crippen molar-refractivity contribution in [1.82, 2.24) is 4.90 Å². The fourth-order valence-corrected chi connectivity index (χ4v) is 2.73. The van der Waals surface area contributed by atoms with E-state index >= 15 is 0 Å². The first-order chi connectivity index (χ1) is 10.3. The number of nitrogens with zero attached hydrogens (tertiary/aromatic N) is 1. The molecule has 5 nitrogen and oxygen atoms in total. The van der Waals surface area contributed by atoms with Gasteiger partial charge in [-0.1, -0.05) is 12.1 Å². The van der Waals surface area contributed by atoms with Crippen molar-refractivity contribution in [3.63, 3.8) is 0 Å². The van der Waals surface area contributed by atoms with Gasteiger partial charge in [-0.05, 0) is 50.8 Å². The Kier molecular flexibility index (Phi) is 4.74. The molecule has 1 heterocycles. The Morgan fingerprint density at radius 3 is 2.55 bits per heavy atom. The van der Waals surface area contributed by atoms with Gasteiger partial charge in [0.1, 0.15) is 17.6 Å². The highest BCUT2D eigenvalue weighted by Gasteiger charge is 2.34. The first-order valence-electron chi connectivity index (χ1n) is 7.52. The van der Waals surface area contributed by atoms with Gasteiger partial charge in [0.05, 0.1) is 0 Å². The third-order valence-electron chi connectivity index (χ3n) is 3.81. The van der Waals surface area contributed by atoms with Gasteiger partial charge in [0.25, 0.3) is 0 Å². The lowest BCUT2D eigenvalue weighted by Gasteiger charge is -2.25. The van der Waals surface area contributed by atoms with Crippen LogP contribution in [0, 0.1) is 5.92 Å². The van der Waals surface area contributed by atoms with Gasteiger partial charge >= 0.3 is 6.09 Å². The fourth-order valence-electron chi connectivity index (χ4n) is 2.73. The summed E-state index contributed by atoms with van der Waals surface area (Å²) < 4.78 is 5.37. The molecule has 1 aromatic carbocycles. The largest absolute Gasteiger partial charge is 0.508 e. The molecule has 0 aliphatic carbocycles. The molecule has 2 atom stereocenters. The van der Waals surface area contributed by atoms with Crippen LogP contribution in [0.3, 0.4) is 0 Å². The van der Waals surface area contributed by atoms with Crippen molar-refractivity contribution < 1.29 is 19.4 Å². The Hall–Kier alpha value is -2.04. The van der Waals surface area contributed by atoms with E-state index in [1.54, 1.807) is 29.2 Å². The first kappa shape index (κ1) is 16.3. The van der Waals surface area contributed by atoms with Crippen LogP contribution >= 0.6 is 0 Å². The summed E-state index contributed by atoms with van der Waals surface area (Å²) in [6.07, 6.45) is 1.37. The van der Waals surface area contributed by atoms with Gasteiger partial charge in [-0.25, -0.2) is 4.79 Å². The number of hydrogen-bond acceptors (Lipinski definition) is 4. The van der Waals surface area contributed by atoms with Crippen LogP contribution < -0.4 is 0 Å². The van der Waals surface area contributed by atoms with Crippen LogP contribution in [0.5, 0.6) is 5.75 Å². The van der Waals surface area contributed by atoms with Crippen LogP contribution in [0.25, 0.3) is 0 Å². The molecule has 0 spiro atoms. The predicted octanol–water partition coefficient (Wildman–Crippen LogP) is 2.93. The number of carbonyl (C=O) groups is 2. The number of hydrogen-bond donors (Lipinski definition) is 1. The zero-order chi connectivity index (χ0) is 16.3. The van der Waals surface area contributed by atoms with E-state index in [4.69, 9.17) is 4.74 Å². The predicted molar refractivity (Wildman–Crippen MR) is 82.8 cm³/mol. The topological polar surface area (TPSA) is 66.8 Å². The number of likely N-dealkylation sites (tertiary alicyclic amines) is 1. The lowest BCUT2D eigenvalue weighted by Crippen LogP contribution is -2.35. The number of phenolic OH excluding ortho intramolecular Hbond substituents is 1. The summed E-state index contributed by atoms with van der Waals surface area (Å²) in [4.78, 5) is 25.2. The number of rotatable bonds is 3. The third kappa shape index (κ3) is 4.00. The van der Waals surface area contributed by atoms with E-state index in [0.717, 1.165) is 18.3 Å². The minimum Gasteiger partial charge on any atom is -0.508 e. The maximum absolute atomic E-state index is 12.1. The zero-order valence-electron chi connectivity index (χ0n) is 13.3. The van der Waals surface area contributed by atoms with Crippen molar-refractivity contribution in [1.29, 1.82) is 0 Å². The van der Waals surface area contributed by atoms with Crippen molar-refractivity contribution in [3.05, 3.63) is 29.8 Å². The van der Waals surface area contributed by atoms with E-state index in [-0.39, 0.29) is 23.7 Å². The van der Waals surface area contributed by atoms with Crippen LogP contribution in [0.2, 0.25) is 0 Å². The minimum atomic E-state index is -0.518. The average molecular weight is 305 g/mol. The Labute approximate surface area is 130 Å². The third-order valence-corrected chi connectivity index (χ3v) is 3.81. The highest BCUT2D eigenvalue weighted by atomic mass is 16.6. The summed E-state index contributed by atoms with van der Waals surface area (Å²) >= 11 is 0. The summed E-state index contributed by atoms with van der Waals surface area (Å²) in [6, 6.07) is 6.66. The molecule has 1 N–H and O–H groups in total. The van der Waals surface area contributed by atoms with E-state index in [1.165, 1.54) is 0 Å². The molecular formula is C17H23NO4. The van der Waals surface area contributed by atoms with E-state index in [0.29, 0.717) is 13.1 Å². The SMILES string of the molecule is CC(C)(C)OC(=O)N1CCC(C(C=O)c2ccc(O)cc2)C1. The number of ether oxygens (including phenoxy) is 1. The molecule has 0 aromatic heterocycles. The lowest BCUT2D eigenvalue weighted by atomic mass is 9.86. The molecule has 0 bridgehead atoms. The molecule has 1 aliphatic heterocycles. The van der Waals surface area contributed by atoms with E-state index in [1.807, 2.05) is 20.8 Å². The van der Waals surface area contributed by atoms with Crippen molar-refractivity contribution >= 4 is 12.4 Å². The summed E-state index contributed by atoms with van der Waals surface area (Å²) in [6.45, 7) is 6.62. The smallest absolute Gasteiger partial charge is 0.410 e. The lowest BCUT2D eigenvalue weighted by molar-refractivity contribution is -0.110. The molecule has 0 radical (unpaired) electrons. The molecule has 1 aromatic rings. The van der Waals surface area contributed by atoms with Gasteiger partial charge < -0.3 is 19.5 Å². The van der Waals surface area contributed by atoms with Crippen molar-refractivity contribution in [3.8, 4) is 5.75 Å². The molecule has 22 heavy (non-hydrogen) atoms. The average Bonchev–Trinajstić information content (AvgIpc) is 2.89. The summed E-state index contributed by atoms with van der Waals surface area (Å²) in [7, 11) is 0. The number of aromatic hydroxyl groups is 1. The second-order valence-electron chi connectivity index (χ2n) is 6.73. The second-order valence-corrected chi connectivity index (χ2v) is 6.73. The first-order valence-corrected chi connectivity index (χ1v) is 7.52. The summed E-state index contributed by atoms with van der Waals surface area (Å²) in [5, 5.41) is 9.34. The molecule has 1 amide bonds. The van der Waals surface area contributed by atoms with Crippen LogP contribution in [-0.2, 0) is 9.53 Å². The van der Waals surface area contributed by atoms with Crippen LogP contribution in [-0.4, -0.2) is 41.1 Å². The number of benzene rings is 1. The molecule has 2 unspecified atom stereocenters. The van der Waals surface area contributed by atoms with E-state index in [9.17, 15) is 14.7 Å². The van der Waals surface area contributed by atoms with Gasteiger partial charge in [0, 0.05) is 19.0 Å². The van der Waals surface area contributed by atoms with Crippen molar-refractivity contribution in [2.75, 3.05) is 13.1 Å². The molecule has 1 fully saturated rings. The number of carbonyl (C=O) groups excluding carboxylic acids is 2. The van der Waals surface area contributed by atoms with Crippen LogP contribution in [0.15, 0.2) is 24.3 Å².